The minimum Gasteiger partial charge on any atom is -0.361 e. The normalized spacial score (nSPS) is 18.2. The average molecular weight is 298 g/mol. The van der Waals surface area contributed by atoms with Gasteiger partial charge in [0, 0.05) is 24.1 Å². The molecule has 1 aliphatic heterocycles. The zero-order valence-corrected chi connectivity index (χ0v) is 13.4. The van der Waals surface area contributed by atoms with E-state index in [-0.39, 0.29) is 11.9 Å². The van der Waals surface area contributed by atoms with E-state index in [1.54, 1.807) is 0 Å². The smallest absolute Gasteiger partial charge is 0.254 e. The summed E-state index contributed by atoms with van der Waals surface area (Å²) < 4.78 is 5.40. The molecule has 0 N–H and O–H groups in total. The first-order valence-electron chi connectivity index (χ1n) is 7.90. The van der Waals surface area contributed by atoms with E-state index in [2.05, 4.69) is 19.0 Å². The van der Waals surface area contributed by atoms with Gasteiger partial charge in [-0.15, -0.1) is 0 Å². The first kappa shape index (κ1) is 14.8. The molecule has 1 atom stereocenters. The highest BCUT2D eigenvalue weighted by atomic mass is 16.5. The molecule has 1 saturated heterocycles. The number of hydrogen-bond acceptors (Lipinski definition) is 3. The molecule has 22 heavy (non-hydrogen) atoms. The molecule has 1 amide bonds. The van der Waals surface area contributed by atoms with E-state index in [1.807, 2.05) is 42.2 Å². The molecule has 1 aromatic heterocycles. The molecule has 4 heteroatoms. The summed E-state index contributed by atoms with van der Waals surface area (Å²) in [5, 5.41) is 4.19. The number of likely N-dealkylation sites (tertiary alicyclic amines) is 1. The lowest BCUT2D eigenvalue weighted by molar-refractivity contribution is 0.0731. The van der Waals surface area contributed by atoms with E-state index < -0.39 is 0 Å². The van der Waals surface area contributed by atoms with Crippen molar-refractivity contribution in [2.24, 2.45) is 0 Å². The number of carbonyl (C=O) groups excluding carboxylic acids is 1. The number of hydrogen-bond donors (Lipinski definition) is 0. The van der Waals surface area contributed by atoms with Gasteiger partial charge in [0.05, 0.1) is 6.04 Å². The lowest BCUT2D eigenvalue weighted by atomic mass is 10.1. The van der Waals surface area contributed by atoms with Crippen LogP contribution in [0.15, 0.2) is 34.9 Å². The van der Waals surface area contributed by atoms with Crippen LogP contribution in [-0.2, 0) is 0 Å². The number of aromatic nitrogens is 1. The molecule has 0 radical (unpaired) electrons. The van der Waals surface area contributed by atoms with Gasteiger partial charge in [-0.2, -0.15) is 0 Å². The maximum atomic E-state index is 12.8. The number of nitrogens with zero attached hydrogens (tertiary/aromatic N) is 2. The lowest BCUT2D eigenvalue weighted by Gasteiger charge is -2.23. The Bertz CT molecular complexity index is 658. The van der Waals surface area contributed by atoms with Crippen molar-refractivity contribution in [3.8, 4) is 0 Å². The van der Waals surface area contributed by atoms with Gasteiger partial charge in [0.2, 0.25) is 0 Å². The van der Waals surface area contributed by atoms with E-state index in [0.717, 1.165) is 42.0 Å². The summed E-state index contributed by atoms with van der Waals surface area (Å²) in [5.74, 6) is 1.27. The summed E-state index contributed by atoms with van der Waals surface area (Å²) in [6.07, 6.45) is 1.95. The minimum absolute atomic E-state index is 0.0325. The van der Waals surface area contributed by atoms with Gasteiger partial charge in [-0.25, -0.2) is 0 Å². The summed E-state index contributed by atoms with van der Waals surface area (Å²) in [4.78, 5) is 14.7. The number of carbonyl (C=O) groups is 1. The zero-order chi connectivity index (χ0) is 15.7. The quantitative estimate of drug-likeness (QED) is 0.857. The highest BCUT2D eigenvalue weighted by Gasteiger charge is 2.32. The molecule has 0 spiro atoms. The van der Waals surface area contributed by atoms with E-state index in [0.29, 0.717) is 5.92 Å². The van der Waals surface area contributed by atoms with Gasteiger partial charge >= 0.3 is 0 Å². The summed E-state index contributed by atoms with van der Waals surface area (Å²) in [5.41, 5.74) is 2.78. The van der Waals surface area contributed by atoms with Crippen molar-refractivity contribution >= 4 is 5.91 Å². The molecule has 116 valence electrons. The van der Waals surface area contributed by atoms with E-state index in [1.165, 1.54) is 0 Å². The molecule has 1 aromatic carbocycles. The third kappa shape index (κ3) is 2.78. The predicted molar refractivity (Wildman–Crippen MR) is 84.8 cm³/mol. The lowest BCUT2D eigenvalue weighted by Crippen LogP contribution is -2.30. The molecule has 0 saturated carbocycles. The zero-order valence-electron chi connectivity index (χ0n) is 13.4. The second kappa shape index (κ2) is 5.95. The van der Waals surface area contributed by atoms with Crippen molar-refractivity contribution < 1.29 is 9.32 Å². The monoisotopic (exact) mass is 298 g/mol. The summed E-state index contributed by atoms with van der Waals surface area (Å²) >= 11 is 0. The Balaban J connectivity index is 1.83. The Morgan fingerprint density at radius 2 is 2.05 bits per heavy atom. The molecule has 1 aliphatic rings. The number of rotatable bonds is 3. The van der Waals surface area contributed by atoms with Crippen molar-refractivity contribution in [3.63, 3.8) is 0 Å². The van der Waals surface area contributed by atoms with E-state index in [9.17, 15) is 4.79 Å². The average Bonchev–Trinajstić information content (AvgIpc) is 3.16. The predicted octanol–water partition coefficient (Wildman–Crippen LogP) is 4.08. The van der Waals surface area contributed by atoms with Crippen molar-refractivity contribution in [1.82, 2.24) is 10.1 Å². The molecule has 2 aromatic rings. The van der Waals surface area contributed by atoms with Crippen molar-refractivity contribution in [2.45, 2.75) is 45.6 Å². The van der Waals surface area contributed by atoms with Crippen molar-refractivity contribution in [2.75, 3.05) is 6.54 Å². The van der Waals surface area contributed by atoms with Crippen LogP contribution in [0.25, 0.3) is 0 Å². The van der Waals surface area contributed by atoms with Crippen molar-refractivity contribution in [1.29, 1.82) is 0 Å². The maximum Gasteiger partial charge on any atom is 0.254 e. The van der Waals surface area contributed by atoms with Crippen LogP contribution >= 0.6 is 0 Å². The van der Waals surface area contributed by atoms with Crippen LogP contribution in [0.4, 0.5) is 0 Å². The van der Waals surface area contributed by atoms with Gasteiger partial charge in [0.1, 0.15) is 11.5 Å². The molecule has 1 fully saturated rings. The number of aryl methyl sites for hydroxylation is 1. The molecular weight excluding hydrogens is 276 g/mol. The number of benzene rings is 1. The van der Waals surface area contributed by atoms with Gasteiger partial charge in [-0.3, -0.25) is 4.79 Å². The van der Waals surface area contributed by atoms with Gasteiger partial charge in [-0.05, 0) is 31.9 Å². The standard InChI is InChI=1S/C18H22N2O2/c1-12(2)17-11-15(19-22-17)16-5-4-10-20(16)18(21)14-8-6-13(3)7-9-14/h6-9,11-12,16H,4-5,10H2,1-3H3/t16-/m1/s1. The fourth-order valence-corrected chi connectivity index (χ4v) is 2.91. The second-order valence-corrected chi connectivity index (χ2v) is 6.33. The summed E-state index contributed by atoms with van der Waals surface area (Å²) in [6.45, 7) is 6.96. The Morgan fingerprint density at radius 1 is 1.32 bits per heavy atom. The van der Waals surface area contributed by atoms with Gasteiger partial charge in [-0.1, -0.05) is 36.7 Å². The first-order chi connectivity index (χ1) is 10.6. The van der Waals surface area contributed by atoms with Gasteiger partial charge in [0.25, 0.3) is 5.91 Å². The van der Waals surface area contributed by atoms with Crippen LogP contribution in [-0.4, -0.2) is 22.5 Å². The Labute approximate surface area is 131 Å². The van der Waals surface area contributed by atoms with Crippen LogP contribution in [0.3, 0.4) is 0 Å². The molecule has 3 rings (SSSR count). The SMILES string of the molecule is Cc1ccc(C(=O)N2CCC[C@@H]2c2cc(C(C)C)on2)cc1. The fraction of sp³-hybridized carbons (Fsp3) is 0.444. The van der Waals surface area contributed by atoms with Crippen LogP contribution < -0.4 is 0 Å². The second-order valence-electron chi connectivity index (χ2n) is 6.33. The minimum atomic E-state index is 0.0325. The Hall–Kier alpha value is -2.10. The summed E-state index contributed by atoms with van der Waals surface area (Å²) in [7, 11) is 0. The van der Waals surface area contributed by atoms with Gasteiger partial charge in [0.15, 0.2) is 0 Å². The molecule has 4 nitrogen and oxygen atoms in total. The molecule has 2 heterocycles. The Morgan fingerprint density at radius 3 is 2.68 bits per heavy atom. The van der Waals surface area contributed by atoms with Crippen LogP contribution in [0.5, 0.6) is 0 Å². The number of amides is 1. The van der Waals surface area contributed by atoms with Crippen LogP contribution in [0, 0.1) is 6.92 Å². The topological polar surface area (TPSA) is 46.3 Å². The maximum absolute atomic E-state index is 12.8. The highest BCUT2D eigenvalue weighted by molar-refractivity contribution is 5.94. The third-order valence-electron chi connectivity index (χ3n) is 4.27. The molecule has 0 aliphatic carbocycles. The van der Waals surface area contributed by atoms with E-state index in [4.69, 9.17) is 4.52 Å². The van der Waals surface area contributed by atoms with Crippen molar-refractivity contribution in [3.05, 3.63) is 52.9 Å². The van der Waals surface area contributed by atoms with Crippen LogP contribution in [0.1, 0.15) is 66.0 Å². The molecule has 0 unspecified atom stereocenters. The first-order valence-corrected chi connectivity index (χ1v) is 7.90. The fourth-order valence-electron chi connectivity index (χ4n) is 2.91. The third-order valence-corrected chi connectivity index (χ3v) is 4.27. The largest absolute Gasteiger partial charge is 0.361 e. The van der Waals surface area contributed by atoms with Gasteiger partial charge < -0.3 is 9.42 Å². The molecular formula is C18H22N2O2. The molecule has 0 bridgehead atoms. The van der Waals surface area contributed by atoms with Crippen LogP contribution in [0.2, 0.25) is 0 Å². The summed E-state index contributed by atoms with van der Waals surface area (Å²) in [6, 6.07) is 9.78. The Kier molecular flexibility index (Phi) is 4.01. The van der Waals surface area contributed by atoms with E-state index >= 15 is 0 Å². The highest BCUT2D eigenvalue weighted by Crippen LogP contribution is 2.33.